The number of Topliss-reactive ketones (excluding diaryl/α,β-unsaturated/α-hetero) is 1. The second-order valence-corrected chi connectivity index (χ2v) is 6.83. The van der Waals surface area contributed by atoms with Gasteiger partial charge in [-0.1, -0.05) is 19.9 Å². The minimum absolute atomic E-state index is 0.0942. The summed E-state index contributed by atoms with van der Waals surface area (Å²) in [5.41, 5.74) is 6.83. The number of nitrogens with zero attached hydrogens (tertiary/aromatic N) is 2. The largest absolute Gasteiger partial charge is 0.351 e. The normalized spacial score (nSPS) is 22.0. The first-order chi connectivity index (χ1) is 10.7. The van der Waals surface area contributed by atoms with Crippen LogP contribution in [0, 0.1) is 5.41 Å². The number of ketones is 1. The van der Waals surface area contributed by atoms with Gasteiger partial charge in [0.15, 0.2) is 5.78 Å². The minimum Gasteiger partial charge on any atom is -0.351 e. The van der Waals surface area contributed by atoms with Gasteiger partial charge in [0.1, 0.15) is 0 Å². The van der Waals surface area contributed by atoms with Crippen molar-refractivity contribution in [3.8, 4) is 0 Å². The molecule has 0 aromatic carbocycles. The number of hydrogen-bond acceptors (Lipinski definition) is 3. The van der Waals surface area contributed by atoms with Gasteiger partial charge in [-0.15, -0.1) is 0 Å². The molecule has 1 saturated heterocycles. The van der Waals surface area contributed by atoms with Gasteiger partial charge in [0.2, 0.25) is 5.91 Å². The number of amides is 3. The van der Waals surface area contributed by atoms with Crippen LogP contribution in [0.15, 0.2) is 23.3 Å². The highest BCUT2D eigenvalue weighted by Gasteiger charge is 2.31. The summed E-state index contributed by atoms with van der Waals surface area (Å²) in [5.74, 6) is 0.0646. The maximum absolute atomic E-state index is 12.3. The molecule has 1 heterocycles. The SMILES string of the molecule is CC1=C(/C=C/C(=O)N2CCN(C(N)=O)CC2)C(C)(C)CCC1=O. The van der Waals surface area contributed by atoms with E-state index in [1.807, 2.05) is 6.92 Å². The van der Waals surface area contributed by atoms with Gasteiger partial charge in [0.25, 0.3) is 0 Å². The second kappa shape index (κ2) is 6.56. The maximum Gasteiger partial charge on any atom is 0.314 e. The van der Waals surface area contributed by atoms with Crippen molar-refractivity contribution in [2.24, 2.45) is 11.1 Å². The zero-order valence-corrected chi connectivity index (χ0v) is 14.1. The van der Waals surface area contributed by atoms with Crippen LogP contribution in [-0.4, -0.2) is 53.7 Å². The Kier molecular flexibility index (Phi) is 4.92. The fourth-order valence-electron chi connectivity index (χ4n) is 3.16. The smallest absolute Gasteiger partial charge is 0.314 e. The lowest BCUT2D eigenvalue weighted by Crippen LogP contribution is -2.51. The lowest BCUT2D eigenvalue weighted by atomic mass is 9.72. The summed E-state index contributed by atoms with van der Waals surface area (Å²) in [4.78, 5) is 38.5. The van der Waals surface area contributed by atoms with Crippen molar-refractivity contribution in [1.29, 1.82) is 0 Å². The molecule has 2 rings (SSSR count). The zero-order valence-electron chi connectivity index (χ0n) is 14.1. The van der Waals surface area contributed by atoms with E-state index < -0.39 is 6.03 Å². The number of urea groups is 1. The van der Waals surface area contributed by atoms with E-state index in [2.05, 4.69) is 13.8 Å². The van der Waals surface area contributed by atoms with Crippen molar-refractivity contribution in [3.05, 3.63) is 23.3 Å². The highest BCUT2D eigenvalue weighted by Crippen LogP contribution is 2.39. The molecule has 0 saturated carbocycles. The van der Waals surface area contributed by atoms with Crippen LogP contribution in [0.3, 0.4) is 0 Å². The van der Waals surface area contributed by atoms with Crippen LogP contribution in [0.1, 0.15) is 33.6 Å². The molecule has 23 heavy (non-hydrogen) atoms. The van der Waals surface area contributed by atoms with Crippen molar-refractivity contribution >= 4 is 17.7 Å². The van der Waals surface area contributed by atoms with Crippen LogP contribution in [0.2, 0.25) is 0 Å². The average Bonchev–Trinajstić information content (AvgIpc) is 2.51. The summed E-state index contributed by atoms with van der Waals surface area (Å²) in [6, 6.07) is -0.448. The predicted octanol–water partition coefficient (Wildman–Crippen LogP) is 1.47. The van der Waals surface area contributed by atoms with E-state index in [9.17, 15) is 14.4 Å². The molecule has 0 radical (unpaired) electrons. The number of carbonyl (C=O) groups excluding carboxylic acids is 3. The summed E-state index contributed by atoms with van der Waals surface area (Å²) in [6.45, 7) is 7.90. The topological polar surface area (TPSA) is 83.7 Å². The molecule has 0 spiro atoms. The van der Waals surface area contributed by atoms with E-state index in [0.717, 1.165) is 17.6 Å². The van der Waals surface area contributed by atoms with Crippen molar-refractivity contribution < 1.29 is 14.4 Å². The molecule has 1 aliphatic heterocycles. The highest BCUT2D eigenvalue weighted by atomic mass is 16.2. The van der Waals surface area contributed by atoms with E-state index in [0.29, 0.717) is 32.6 Å². The molecular formula is C17H25N3O3. The van der Waals surface area contributed by atoms with Gasteiger partial charge < -0.3 is 15.5 Å². The number of primary amides is 1. The Balaban J connectivity index is 2.05. The molecule has 0 bridgehead atoms. The number of rotatable bonds is 2. The molecule has 6 nitrogen and oxygen atoms in total. The Labute approximate surface area is 137 Å². The molecular weight excluding hydrogens is 294 g/mol. The fraction of sp³-hybridized carbons (Fsp3) is 0.588. The van der Waals surface area contributed by atoms with E-state index in [4.69, 9.17) is 5.73 Å². The average molecular weight is 319 g/mol. The first kappa shape index (κ1) is 17.2. The number of hydrogen-bond donors (Lipinski definition) is 1. The minimum atomic E-state index is -0.448. The molecule has 0 aromatic heterocycles. The van der Waals surface area contributed by atoms with Gasteiger partial charge in [-0.05, 0) is 29.9 Å². The molecule has 1 fully saturated rings. The first-order valence-corrected chi connectivity index (χ1v) is 7.98. The van der Waals surface area contributed by atoms with Crippen molar-refractivity contribution in [2.75, 3.05) is 26.2 Å². The Morgan fingerprint density at radius 3 is 2.26 bits per heavy atom. The van der Waals surface area contributed by atoms with Crippen LogP contribution in [0.4, 0.5) is 4.79 Å². The van der Waals surface area contributed by atoms with E-state index in [-0.39, 0.29) is 17.1 Å². The fourth-order valence-corrected chi connectivity index (χ4v) is 3.16. The van der Waals surface area contributed by atoms with Gasteiger partial charge in [-0.25, -0.2) is 4.79 Å². The summed E-state index contributed by atoms with van der Waals surface area (Å²) in [5, 5.41) is 0. The van der Waals surface area contributed by atoms with Gasteiger partial charge in [-0.3, -0.25) is 9.59 Å². The summed E-state index contributed by atoms with van der Waals surface area (Å²) in [7, 11) is 0. The van der Waals surface area contributed by atoms with Crippen LogP contribution >= 0.6 is 0 Å². The summed E-state index contributed by atoms with van der Waals surface area (Å²) >= 11 is 0. The molecule has 1 aliphatic carbocycles. The van der Waals surface area contributed by atoms with Gasteiger partial charge >= 0.3 is 6.03 Å². The van der Waals surface area contributed by atoms with E-state index >= 15 is 0 Å². The Bertz CT molecular complexity index is 582. The molecule has 2 N–H and O–H groups in total. The van der Waals surface area contributed by atoms with Crippen molar-refractivity contribution in [3.63, 3.8) is 0 Å². The van der Waals surface area contributed by atoms with Gasteiger partial charge in [-0.2, -0.15) is 0 Å². The molecule has 0 unspecified atom stereocenters. The number of allylic oxidation sites excluding steroid dienone is 3. The van der Waals surface area contributed by atoms with Crippen molar-refractivity contribution in [1.82, 2.24) is 9.80 Å². The molecule has 3 amide bonds. The Hall–Kier alpha value is -2.11. The monoisotopic (exact) mass is 319 g/mol. The Morgan fingerprint density at radius 2 is 1.70 bits per heavy atom. The molecule has 6 heteroatoms. The molecule has 126 valence electrons. The van der Waals surface area contributed by atoms with Gasteiger partial charge in [0.05, 0.1) is 0 Å². The molecule has 0 atom stereocenters. The first-order valence-electron chi connectivity index (χ1n) is 7.98. The standard InChI is InChI=1S/C17H25N3O3/c1-12-13(17(2,3)7-6-14(12)21)4-5-15(22)19-8-10-20(11-9-19)16(18)23/h4-5H,6-11H2,1-3H3,(H2,18,23)/b5-4+. The predicted molar refractivity (Wildman–Crippen MR) is 87.6 cm³/mol. The molecule has 0 aromatic rings. The quantitative estimate of drug-likeness (QED) is 0.782. The lowest BCUT2D eigenvalue weighted by Gasteiger charge is -2.34. The van der Waals surface area contributed by atoms with E-state index in [1.165, 1.54) is 4.90 Å². The van der Waals surface area contributed by atoms with E-state index in [1.54, 1.807) is 17.1 Å². The summed E-state index contributed by atoms with van der Waals surface area (Å²) in [6.07, 6.45) is 4.70. The van der Waals surface area contributed by atoms with Crippen LogP contribution in [-0.2, 0) is 9.59 Å². The summed E-state index contributed by atoms with van der Waals surface area (Å²) < 4.78 is 0. The zero-order chi connectivity index (χ0) is 17.2. The Morgan fingerprint density at radius 1 is 1.13 bits per heavy atom. The van der Waals surface area contributed by atoms with Crippen molar-refractivity contribution in [2.45, 2.75) is 33.6 Å². The second-order valence-electron chi connectivity index (χ2n) is 6.83. The third-order valence-corrected chi connectivity index (χ3v) is 4.82. The lowest BCUT2D eigenvalue weighted by molar-refractivity contribution is -0.127. The van der Waals surface area contributed by atoms with Crippen LogP contribution in [0.5, 0.6) is 0 Å². The highest BCUT2D eigenvalue weighted by molar-refractivity contribution is 5.98. The van der Waals surface area contributed by atoms with Crippen LogP contribution < -0.4 is 5.73 Å². The van der Waals surface area contributed by atoms with Gasteiger partial charge in [0, 0.05) is 38.7 Å². The number of piperazine rings is 1. The number of carbonyl (C=O) groups is 3. The molecule has 2 aliphatic rings. The third kappa shape index (κ3) is 3.81. The maximum atomic E-state index is 12.3. The number of nitrogens with two attached hydrogens (primary N) is 1. The third-order valence-electron chi connectivity index (χ3n) is 4.82. The van der Waals surface area contributed by atoms with Crippen LogP contribution in [0.25, 0.3) is 0 Å².